The van der Waals surface area contributed by atoms with Crippen molar-refractivity contribution in [3.63, 3.8) is 0 Å². The molecule has 0 atom stereocenters. The van der Waals surface area contributed by atoms with E-state index in [9.17, 15) is 18.0 Å². The van der Waals surface area contributed by atoms with Crippen molar-refractivity contribution in [3.8, 4) is 5.75 Å². The molecule has 0 aliphatic heterocycles. The fourth-order valence-corrected chi connectivity index (χ4v) is 4.29. The van der Waals surface area contributed by atoms with E-state index in [0.29, 0.717) is 27.8 Å². The van der Waals surface area contributed by atoms with Crippen molar-refractivity contribution in [1.29, 1.82) is 0 Å². The van der Waals surface area contributed by atoms with Crippen LogP contribution in [0.5, 0.6) is 5.75 Å². The number of carbonyl (C=O) groups is 1. The van der Waals surface area contributed by atoms with Crippen molar-refractivity contribution in [2.75, 3.05) is 31.9 Å². The summed E-state index contributed by atoms with van der Waals surface area (Å²) in [5.41, 5.74) is 7.06. The van der Waals surface area contributed by atoms with E-state index in [4.69, 9.17) is 26.5 Å². The summed E-state index contributed by atoms with van der Waals surface area (Å²) in [6.45, 7) is 2.03. The van der Waals surface area contributed by atoms with Crippen LogP contribution in [0.2, 0.25) is 5.02 Å². The predicted molar refractivity (Wildman–Crippen MR) is 131 cm³/mol. The van der Waals surface area contributed by atoms with Crippen LogP contribution < -0.4 is 25.5 Å². The zero-order valence-corrected chi connectivity index (χ0v) is 20.4. The predicted octanol–water partition coefficient (Wildman–Crippen LogP) is 2.61. The normalized spacial score (nSPS) is 11.4. The van der Waals surface area contributed by atoms with Crippen LogP contribution in [-0.4, -0.2) is 46.6 Å². The number of nitrogens with one attached hydrogen (secondary N) is 2. The average molecular weight is 509 g/mol. The Morgan fingerprint density at radius 2 is 1.97 bits per heavy atom. The molecule has 2 aromatic carbocycles. The third-order valence-corrected chi connectivity index (χ3v) is 6.28. The summed E-state index contributed by atoms with van der Waals surface area (Å²) in [4.78, 5) is 25.9. The molecule has 0 aliphatic rings. The molecule has 12 heteroatoms. The molecule has 0 saturated heterocycles. The van der Waals surface area contributed by atoms with Gasteiger partial charge in [0.05, 0.1) is 10.7 Å². The van der Waals surface area contributed by atoms with Crippen LogP contribution in [0.15, 0.2) is 45.6 Å². The molecule has 4 N–H and O–H groups in total. The molecule has 3 rings (SSSR count). The first-order chi connectivity index (χ1) is 16.0. The first-order valence-corrected chi connectivity index (χ1v) is 12.1. The minimum Gasteiger partial charge on any atom is -0.422 e. The van der Waals surface area contributed by atoms with Gasteiger partial charge in [-0.15, -0.1) is 0 Å². The first kappa shape index (κ1) is 25.5. The van der Waals surface area contributed by atoms with Gasteiger partial charge in [-0.2, -0.15) is 13.1 Å². The molecule has 10 nitrogen and oxygen atoms in total. The molecule has 3 aromatic rings. The van der Waals surface area contributed by atoms with Crippen LogP contribution in [0.4, 0.5) is 10.5 Å². The van der Waals surface area contributed by atoms with Gasteiger partial charge in [-0.25, -0.2) is 9.59 Å². The fourth-order valence-electron chi connectivity index (χ4n) is 3.19. The molecular formula is C22H25ClN4O6S. The van der Waals surface area contributed by atoms with E-state index in [2.05, 4.69) is 9.44 Å². The Morgan fingerprint density at radius 1 is 1.24 bits per heavy atom. The molecule has 0 bridgehead atoms. The second kappa shape index (κ2) is 10.4. The third-order valence-electron chi connectivity index (χ3n) is 4.90. The maximum absolute atomic E-state index is 12.8. The van der Waals surface area contributed by atoms with Gasteiger partial charge in [0.15, 0.2) is 5.75 Å². The van der Waals surface area contributed by atoms with E-state index in [0.717, 1.165) is 0 Å². The maximum atomic E-state index is 12.8. The van der Waals surface area contributed by atoms with Gasteiger partial charge in [-0.1, -0.05) is 23.7 Å². The number of halogens is 1. The van der Waals surface area contributed by atoms with Gasteiger partial charge in [0, 0.05) is 50.6 Å². The molecule has 0 radical (unpaired) electrons. The second-order valence-corrected chi connectivity index (χ2v) is 9.61. The van der Waals surface area contributed by atoms with E-state index in [1.165, 1.54) is 25.1 Å². The van der Waals surface area contributed by atoms with Gasteiger partial charge in [-0.3, -0.25) is 4.72 Å². The number of ether oxygens (including phenoxy) is 1. The summed E-state index contributed by atoms with van der Waals surface area (Å²) in [5, 5.41) is 0.777. The quantitative estimate of drug-likeness (QED) is 0.396. The van der Waals surface area contributed by atoms with Crippen molar-refractivity contribution >= 4 is 44.6 Å². The minimum atomic E-state index is -3.77. The molecule has 1 aromatic heterocycles. The highest BCUT2D eigenvalue weighted by atomic mass is 35.5. The lowest BCUT2D eigenvalue weighted by Crippen LogP contribution is -2.33. The van der Waals surface area contributed by atoms with Crippen molar-refractivity contribution in [3.05, 3.63) is 68.5 Å². The molecule has 1 heterocycles. The average Bonchev–Trinajstić information content (AvgIpc) is 2.76. The monoisotopic (exact) mass is 508 g/mol. The zero-order chi connectivity index (χ0) is 25.0. The summed E-state index contributed by atoms with van der Waals surface area (Å²) >= 11 is 6.30. The van der Waals surface area contributed by atoms with Crippen molar-refractivity contribution in [1.82, 2.24) is 9.62 Å². The van der Waals surface area contributed by atoms with Crippen LogP contribution in [0.25, 0.3) is 11.0 Å². The lowest BCUT2D eigenvalue weighted by molar-refractivity contribution is 0.172. The first-order valence-electron chi connectivity index (χ1n) is 10.2. The number of rotatable bonds is 8. The Morgan fingerprint density at radius 3 is 2.65 bits per heavy atom. The van der Waals surface area contributed by atoms with Gasteiger partial charge < -0.3 is 19.8 Å². The molecule has 0 aliphatic carbocycles. The summed E-state index contributed by atoms with van der Waals surface area (Å²) in [7, 11) is -0.704. The second-order valence-electron chi connectivity index (χ2n) is 7.70. The zero-order valence-electron chi connectivity index (χ0n) is 18.8. The van der Waals surface area contributed by atoms with Gasteiger partial charge in [-0.05, 0) is 36.2 Å². The summed E-state index contributed by atoms with van der Waals surface area (Å²) in [5.74, 6) is 0.0754. The number of benzene rings is 2. The van der Waals surface area contributed by atoms with Crippen LogP contribution >= 0.6 is 11.6 Å². The molecule has 0 unspecified atom stereocenters. The summed E-state index contributed by atoms with van der Waals surface area (Å²) in [6.07, 6.45) is -0.420. The Kier molecular flexibility index (Phi) is 7.82. The lowest BCUT2D eigenvalue weighted by Gasteiger charge is -2.14. The maximum Gasteiger partial charge on any atom is 0.414 e. The smallest absolute Gasteiger partial charge is 0.414 e. The van der Waals surface area contributed by atoms with E-state index in [-0.39, 0.29) is 35.9 Å². The van der Waals surface area contributed by atoms with Crippen LogP contribution in [0, 0.1) is 6.92 Å². The van der Waals surface area contributed by atoms with Crippen LogP contribution in [-0.2, 0) is 16.6 Å². The topological polar surface area (TPSA) is 144 Å². The SMILES string of the molecule is Cc1c(Cc2cccc(NS(=O)(=O)NCCN)c2)c(=O)oc2cc(OC(=O)N(C)C)c(Cl)cc12. The van der Waals surface area contributed by atoms with E-state index in [1.807, 2.05) is 0 Å². The molecule has 182 valence electrons. The van der Waals surface area contributed by atoms with Crippen molar-refractivity contribution in [2.24, 2.45) is 5.73 Å². The molecule has 34 heavy (non-hydrogen) atoms. The number of fused-ring (bicyclic) bond motifs is 1. The Labute approximate surface area is 201 Å². The molecule has 0 saturated carbocycles. The number of aryl methyl sites for hydroxylation is 1. The number of nitrogens with zero attached hydrogens (tertiary/aromatic N) is 1. The number of nitrogens with two attached hydrogens (primary N) is 1. The number of hydrogen-bond donors (Lipinski definition) is 3. The van der Waals surface area contributed by atoms with E-state index in [1.54, 1.807) is 37.3 Å². The van der Waals surface area contributed by atoms with Gasteiger partial charge >= 0.3 is 11.7 Å². The van der Waals surface area contributed by atoms with Gasteiger partial charge in [0.1, 0.15) is 5.58 Å². The molecule has 1 amide bonds. The number of carbonyl (C=O) groups excluding carboxylic acids is 1. The van der Waals surface area contributed by atoms with Crippen LogP contribution in [0.3, 0.4) is 0 Å². The van der Waals surface area contributed by atoms with Gasteiger partial charge in [0.25, 0.3) is 10.2 Å². The molecule has 0 spiro atoms. The third kappa shape index (κ3) is 6.06. The van der Waals surface area contributed by atoms with Crippen LogP contribution in [0.1, 0.15) is 16.7 Å². The highest BCUT2D eigenvalue weighted by Crippen LogP contribution is 2.32. The molecule has 0 fully saturated rings. The summed E-state index contributed by atoms with van der Waals surface area (Å²) < 4.78 is 39.6. The largest absolute Gasteiger partial charge is 0.422 e. The highest BCUT2D eigenvalue weighted by molar-refractivity contribution is 7.90. The summed E-state index contributed by atoms with van der Waals surface area (Å²) in [6, 6.07) is 9.64. The van der Waals surface area contributed by atoms with E-state index < -0.39 is 21.9 Å². The minimum absolute atomic E-state index is 0.0754. The number of anilines is 1. The lowest BCUT2D eigenvalue weighted by atomic mass is 9.99. The van der Waals surface area contributed by atoms with Gasteiger partial charge in [0.2, 0.25) is 0 Å². The fraction of sp³-hybridized carbons (Fsp3) is 0.273. The highest BCUT2D eigenvalue weighted by Gasteiger charge is 2.17. The molecular weight excluding hydrogens is 484 g/mol. The number of hydrogen-bond acceptors (Lipinski definition) is 7. The van der Waals surface area contributed by atoms with E-state index >= 15 is 0 Å². The standard InChI is InChI=1S/C22H25ClN4O6S/c1-13-16-11-18(23)20(33-22(29)27(2)3)12-19(16)32-21(28)17(13)10-14-5-4-6-15(9-14)26-34(30,31)25-8-7-24/h4-6,9,11-12,25-26H,7-8,10,24H2,1-3H3. The Balaban J connectivity index is 1.92. The Hall–Kier alpha value is -3.12. The van der Waals surface area contributed by atoms with Crippen molar-refractivity contribution < 1.29 is 22.4 Å². The number of amides is 1. The van der Waals surface area contributed by atoms with Crippen molar-refractivity contribution in [2.45, 2.75) is 13.3 Å². The Bertz CT molecular complexity index is 1390.